The molecule has 1 amide bonds. The molecule has 0 bridgehead atoms. The zero-order valence-corrected chi connectivity index (χ0v) is 18.6. The summed E-state index contributed by atoms with van der Waals surface area (Å²) in [5.41, 5.74) is 4.02. The molecule has 1 N–H and O–H groups in total. The summed E-state index contributed by atoms with van der Waals surface area (Å²) in [4.78, 5) is 23.9. The summed E-state index contributed by atoms with van der Waals surface area (Å²) in [5.74, 6) is -0.246. The van der Waals surface area contributed by atoms with Crippen LogP contribution in [-0.4, -0.2) is 21.9 Å². The molecule has 1 heterocycles. The molecule has 0 aliphatic rings. The third-order valence-electron chi connectivity index (χ3n) is 5.84. The van der Waals surface area contributed by atoms with Crippen molar-refractivity contribution in [1.29, 1.82) is 0 Å². The van der Waals surface area contributed by atoms with Gasteiger partial charge in [0.15, 0.2) is 0 Å². The molecule has 3 aromatic carbocycles. The topological polar surface area (TPSA) is 77.2 Å². The zero-order chi connectivity index (χ0) is 23.2. The first-order valence-corrected chi connectivity index (χ1v) is 11.2. The number of fused-ring (bicyclic) bond motifs is 1. The monoisotopic (exact) mass is 441 g/mol. The van der Waals surface area contributed by atoms with Crippen LogP contribution in [0.15, 0.2) is 85.1 Å². The number of nitro benzene ring substituents is 1. The molecule has 0 aliphatic carbocycles. The molecule has 1 aromatic heterocycles. The maximum absolute atomic E-state index is 12.7. The third kappa shape index (κ3) is 5.12. The van der Waals surface area contributed by atoms with E-state index in [1.54, 1.807) is 18.2 Å². The maximum Gasteiger partial charge on any atom is 0.270 e. The molecule has 0 saturated heterocycles. The van der Waals surface area contributed by atoms with Crippen LogP contribution in [0.4, 0.5) is 5.69 Å². The van der Waals surface area contributed by atoms with Crippen molar-refractivity contribution in [2.24, 2.45) is 0 Å². The molecule has 0 unspecified atom stereocenters. The van der Waals surface area contributed by atoms with Crippen molar-refractivity contribution in [1.82, 2.24) is 9.88 Å². The van der Waals surface area contributed by atoms with Crippen molar-refractivity contribution < 1.29 is 9.72 Å². The number of hydrogen-bond donors (Lipinski definition) is 1. The number of carbonyl (C=O) groups excluding carboxylic acids is 1. The SMILES string of the molecule is CCCNC(=O)C[C@@H](c1ccccc1)c1cn(Cc2ccccc2)c2ccc([N+](=O)[O-])cc12. The van der Waals surface area contributed by atoms with Gasteiger partial charge in [-0.3, -0.25) is 14.9 Å². The number of aromatic nitrogens is 1. The van der Waals surface area contributed by atoms with Crippen molar-refractivity contribution in [2.75, 3.05) is 6.54 Å². The van der Waals surface area contributed by atoms with Crippen LogP contribution in [0.5, 0.6) is 0 Å². The average molecular weight is 442 g/mol. The van der Waals surface area contributed by atoms with E-state index in [1.165, 1.54) is 0 Å². The Kier molecular flexibility index (Phi) is 6.83. The van der Waals surface area contributed by atoms with Crippen LogP contribution in [0, 0.1) is 10.1 Å². The van der Waals surface area contributed by atoms with Crippen molar-refractivity contribution in [3.63, 3.8) is 0 Å². The first-order valence-electron chi connectivity index (χ1n) is 11.2. The number of rotatable bonds is 9. The van der Waals surface area contributed by atoms with E-state index in [2.05, 4.69) is 22.0 Å². The third-order valence-corrected chi connectivity index (χ3v) is 5.84. The minimum Gasteiger partial charge on any atom is -0.356 e. The average Bonchev–Trinajstić information content (AvgIpc) is 3.19. The first kappa shape index (κ1) is 22.3. The molecule has 0 radical (unpaired) electrons. The van der Waals surface area contributed by atoms with Gasteiger partial charge in [-0.1, -0.05) is 67.6 Å². The molecule has 33 heavy (non-hydrogen) atoms. The summed E-state index contributed by atoms with van der Waals surface area (Å²) in [6.45, 7) is 3.28. The Labute approximate surface area is 193 Å². The first-order chi connectivity index (χ1) is 16.1. The fourth-order valence-electron chi connectivity index (χ4n) is 4.23. The van der Waals surface area contributed by atoms with Crippen molar-refractivity contribution in [3.05, 3.63) is 112 Å². The van der Waals surface area contributed by atoms with Crippen LogP contribution in [0.1, 0.15) is 42.4 Å². The number of amides is 1. The molecule has 0 saturated carbocycles. The zero-order valence-electron chi connectivity index (χ0n) is 18.6. The molecule has 6 nitrogen and oxygen atoms in total. The second-order valence-corrected chi connectivity index (χ2v) is 8.17. The van der Waals surface area contributed by atoms with E-state index in [1.807, 2.05) is 61.7 Å². The van der Waals surface area contributed by atoms with Gasteiger partial charge in [0.05, 0.1) is 4.92 Å². The van der Waals surface area contributed by atoms with Crippen molar-refractivity contribution >= 4 is 22.5 Å². The van der Waals surface area contributed by atoms with Gasteiger partial charge in [-0.05, 0) is 29.2 Å². The molecule has 4 aromatic rings. The minimum absolute atomic E-state index is 0.0277. The number of benzene rings is 3. The van der Waals surface area contributed by atoms with Gasteiger partial charge in [0.1, 0.15) is 0 Å². The molecule has 4 rings (SSSR count). The van der Waals surface area contributed by atoms with Crippen LogP contribution < -0.4 is 5.32 Å². The highest BCUT2D eigenvalue weighted by Crippen LogP contribution is 2.36. The number of nitro groups is 1. The predicted octanol–water partition coefficient (Wildman–Crippen LogP) is 5.65. The smallest absolute Gasteiger partial charge is 0.270 e. The van der Waals surface area contributed by atoms with E-state index in [0.29, 0.717) is 13.1 Å². The molecule has 1 atom stereocenters. The second kappa shape index (κ2) is 10.1. The highest BCUT2D eigenvalue weighted by molar-refractivity contribution is 5.88. The Balaban J connectivity index is 1.84. The summed E-state index contributed by atoms with van der Waals surface area (Å²) in [6, 6.07) is 24.9. The van der Waals surface area contributed by atoms with Crippen LogP contribution in [0.2, 0.25) is 0 Å². The Morgan fingerprint density at radius 2 is 1.73 bits per heavy atom. The molecule has 0 fully saturated rings. The second-order valence-electron chi connectivity index (χ2n) is 8.17. The molecule has 0 aliphatic heterocycles. The van der Waals surface area contributed by atoms with Gasteiger partial charge in [0.25, 0.3) is 5.69 Å². The Hall–Kier alpha value is -3.93. The lowest BCUT2D eigenvalue weighted by Gasteiger charge is -2.17. The van der Waals surface area contributed by atoms with Crippen molar-refractivity contribution in [2.45, 2.75) is 32.2 Å². The molecular weight excluding hydrogens is 414 g/mol. The predicted molar refractivity (Wildman–Crippen MR) is 130 cm³/mol. The van der Waals surface area contributed by atoms with Gasteiger partial charge < -0.3 is 9.88 Å². The highest BCUT2D eigenvalue weighted by Gasteiger charge is 2.24. The minimum atomic E-state index is -0.372. The summed E-state index contributed by atoms with van der Waals surface area (Å²) in [5, 5.41) is 15.3. The number of non-ortho nitro benzene ring substituents is 1. The van der Waals surface area contributed by atoms with Crippen LogP contribution in [0.3, 0.4) is 0 Å². The van der Waals surface area contributed by atoms with Gasteiger partial charge in [-0.15, -0.1) is 0 Å². The Morgan fingerprint density at radius 1 is 1.03 bits per heavy atom. The number of hydrogen-bond acceptors (Lipinski definition) is 3. The number of nitrogens with one attached hydrogen (secondary N) is 1. The van der Waals surface area contributed by atoms with Gasteiger partial charge in [0.2, 0.25) is 5.91 Å². The van der Waals surface area contributed by atoms with Crippen LogP contribution in [0.25, 0.3) is 10.9 Å². The van der Waals surface area contributed by atoms with Crippen LogP contribution >= 0.6 is 0 Å². The molecule has 6 heteroatoms. The maximum atomic E-state index is 12.7. The van der Waals surface area contributed by atoms with E-state index in [-0.39, 0.29) is 28.9 Å². The fraction of sp³-hybridized carbons (Fsp3) is 0.222. The van der Waals surface area contributed by atoms with Gasteiger partial charge in [0, 0.05) is 54.7 Å². The van der Waals surface area contributed by atoms with Gasteiger partial charge >= 0.3 is 0 Å². The normalized spacial score (nSPS) is 11.9. The largest absolute Gasteiger partial charge is 0.356 e. The Morgan fingerprint density at radius 3 is 2.39 bits per heavy atom. The summed E-state index contributed by atoms with van der Waals surface area (Å²) < 4.78 is 2.11. The molecule has 168 valence electrons. The van der Waals surface area contributed by atoms with Crippen molar-refractivity contribution in [3.8, 4) is 0 Å². The lowest BCUT2D eigenvalue weighted by atomic mass is 9.88. The molecule has 0 spiro atoms. The number of nitrogens with zero attached hydrogens (tertiary/aromatic N) is 2. The quantitative estimate of drug-likeness (QED) is 0.269. The highest BCUT2D eigenvalue weighted by atomic mass is 16.6. The van der Waals surface area contributed by atoms with E-state index in [0.717, 1.165) is 34.0 Å². The standard InChI is InChI=1S/C27H27N3O3/c1-2-15-28-27(31)17-23(21-11-7-4-8-12-21)25-19-29(18-20-9-5-3-6-10-20)26-14-13-22(30(32)33)16-24(25)26/h3-14,16,19,23H,2,15,17-18H2,1H3,(H,28,31)/t23-/m0/s1. The summed E-state index contributed by atoms with van der Waals surface area (Å²) >= 11 is 0. The van der Waals surface area contributed by atoms with E-state index >= 15 is 0 Å². The fourth-order valence-corrected chi connectivity index (χ4v) is 4.23. The lowest BCUT2D eigenvalue weighted by Crippen LogP contribution is -2.26. The summed E-state index contributed by atoms with van der Waals surface area (Å²) in [7, 11) is 0. The van der Waals surface area contributed by atoms with Gasteiger partial charge in [-0.25, -0.2) is 0 Å². The lowest BCUT2D eigenvalue weighted by molar-refractivity contribution is -0.384. The molecular formula is C27H27N3O3. The van der Waals surface area contributed by atoms with Gasteiger partial charge in [-0.2, -0.15) is 0 Å². The van der Waals surface area contributed by atoms with E-state index < -0.39 is 0 Å². The van der Waals surface area contributed by atoms with E-state index in [4.69, 9.17) is 0 Å². The van der Waals surface area contributed by atoms with E-state index in [9.17, 15) is 14.9 Å². The Bertz CT molecular complexity index is 1250. The van der Waals surface area contributed by atoms with Crippen LogP contribution in [-0.2, 0) is 11.3 Å². The summed E-state index contributed by atoms with van der Waals surface area (Å²) in [6.07, 6.45) is 3.19. The number of carbonyl (C=O) groups is 1.